The first-order valence-corrected chi connectivity index (χ1v) is 9.45. The molecule has 2 heterocycles. The minimum Gasteiger partial charge on any atom is -0.328 e. The minimum absolute atomic E-state index is 0.270. The van der Waals surface area contributed by atoms with Gasteiger partial charge in [0.1, 0.15) is 5.69 Å². The monoisotopic (exact) mass is 356 g/mol. The van der Waals surface area contributed by atoms with Gasteiger partial charge >= 0.3 is 0 Å². The van der Waals surface area contributed by atoms with Gasteiger partial charge in [-0.3, -0.25) is 4.98 Å². The molecule has 3 rings (SSSR count). The summed E-state index contributed by atoms with van der Waals surface area (Å²) in [6, 6.07) is 10.9. The lowest BCUT2D eigenvalue weighted by molar-refractivity contribution is 0.572. The molecule has 0 bridgehead atoms. The van der Waals surface area contributed by atoms with Crippen LogP contribution in [0.25, 0.3) is 11.5 Å². The van der Waals surface area contributed by atoms with E-state index in [1.54, 1.807) is 31.5 Å². The van der Waals surface area contributed by atoms with Crippen molar-refractivity contribution in [2.24, 2.45) is 0 Å². The molecule has 2 aromatic heterocycles. The summed E-state index contributed by atoms with van der Waals surface area (Å²) < 4.78 is 29.5. The van der Waals surface area contributed by atoms with E-state index in [-0.39, 0.29) is 6.54 Å². The van der Waals surface area contributed by atoms with Crippen LogP contribution in [0.2, 0.25) is 0 Å². The van der Waals surface area contributed by atoms with Gasteiger partial charge in [0.25, 0.3) is 0 Å². The standard InChI is InChI=1S/C18H20N4O2S/c1-14-6-7-17(15(2)13-14)25(23,24)21-10-12-22-11-9-20-18(22)16-5-3-4-8-19-16/h3-9,11,13,21H,10,12H2,1-2H3. The molecule has 3 aromatic rings. The fraction of sp³-hybridized carbons (Fsp3) is 0.222. The smallest absolute Gasteiger partial charge is 0.240 e. The second kappa shape index (κ2) is 7.16. The lowest BCUT2D eigenvalue weighted by atomic mass is 10.2. The summed E-state index contributed by atoms with van der Waals surface area (Å²) >= 11 is 0. The van der Waals surface area contributed by atoms with E-state index in [2.05, 4.69) is 14.7 Å². The maximum absolute atomic E-state index is 12.5. The van der Waals surface area contributed by atoms with E-state index in [1.165, 1.54) is 0 Å². The molecule has 130 valence electrons. The molecule has 0 saturated carbocycles. The third-order valence-electron chi connectivity index (χ3n) is 3.87. The molecule has 0 aliphatic rings. The largest absolute Gasteiger partial charge is 0.328 e. The fourth-order valence-electron chi connectivity index (χ4n) is 2.70. The van der Waals surface area contributed by atoms with Crippen molar-refractivity contribution in [1.29, 1.82) is 0 Å². The van der Waals surface area contributed by atoms with Gasteiger partial charge < -0.3 is 4.57 Å². The van der Waals surface area contributed by atoms with Crippen molar-refractivity contribution in [3.05, 3.63) is 66.1 Å². The number of nitrogens with zero attached hydrogens (tertiary/aromatic N) is 3. The number of aromatic nitrogens is 3. The Morgan fingerprint density at radius 1 is 1.08 bits per heavy atom. The second-order valence-corrected chi connectivity index (χ2v) is 7.56. The van der Waals surface area contributed by atoms with Gasteiger partial charge in [0.15, 0.2) is 5.82 Å². The average Bonchev–Trinajstić information content (AvgIpc) is 3.03. The summed E-state index contributed by atoms with van der Waals surface area (Å²) in [5.74, 6) is 0.714. The molecule has 1 aromatic carbocycles. The van der Waals surface area contributed by atoms with Crippen molar-refractivity contribution < 1.29 is 8.42 Å². The average molecular weight is 356 g/mol. The van der Waals surface area contributed by atoms with E-state index >= 15 is 0 Å². The molecule has 0 aliphatic carbocycles. The first-order chi connectivity index (χ1) is 12.0. The number of imidazole rings is 1. The number of rotatable bonds is 6. The van der Waals surface area contributed by atoms with Crippen LogP contribution >= 0.6 is 0 Å². The summed E-state index contributed by atoms with van der Waals surface area (Å²) in [4.78, 5) is 8.90. The third-order valence-corrected chi connectivity index (χ3v) is 5.50. The van der Waals surface area contributed by atoms with Crippen molar-refractivity contribution in [3.63, 3.8) is 0 Å². The predicted molar refractivity (Wildman–Crippen MR) is 96.6 cm³/mol. The summed E-state index contributed by atoms with van der Waals surface area (Å²) in [5, 5.41) is 0. The van der Waals surface area contributed by atoms with Gasteiger partial charge in [0.05, 0.1) is 4.90 Å². The molecule has 0 amide bonds. The molecule has 0 fully saturated rings. The Kier molecular flexibility index (Phi) is 4.96. The number of nitrogens with one attached hydrogen (secondary N) is 1. The van der Waals surface area contributed by atoms with Crippen molar-refractivity contribution in [2.45, 2.75) is 25.3 Å². The molecule has 0 saturated heterocycles. The zero-order chi connectivity index (χ0) is 17.9. The number of sulfonamides is 1. The minimum atomic E-state index is -3.54. The Labute approximate surface area is 147 Å². The Bertz CT molecular complexity index is 966. The van der Waals surface area contributed by atoms with Gasteiger partial charge in [0.2, 0.25) is 10.0 Å². The number of hydrogen-bond acceptors (Lipinski definition) is 4. The van der Waals surface area contributed by atoms with Crippen molar-refractivity contribution in [2.75, 3.05) is 6.54 Å². The first-order valence-electron chi connectivity index (χ1n) is 7.97. The molecule has 1 N–H and O–H groups in total. The molecule has 0 atom stereocenters. The van der Waals surface area contributed by atoms with Crippen LogP contribution in [0, 0.1) is 13.8 Å². The highest BCUT2D eigenvalue weighted by molar-refractivity contribution is 7.89. The van der Waals surface area contributed by atoms with E-state index in [1.807, 2.05) is 42.0 Å². The molecule has 0 radical (unpaired) electrons. The number of aryl methyl sites for hydroxylation is 2. The van der Waals surface area contributed by atoms with Crippen molar-refractivity contribution >= 4 is 10.0 Å². The van der Waals surface area contributed by atoms with Crippen molar-refractivity contribution in [3.8, 4) is 11.5 Å². The van der Waals surface area contributed by atoms with E-state index in [4.69, 9.17) is 0 Å². The Balaban J connectivity index is 1.70. The second-order valence-electron chi connectivity index (χ2n) is 5.83. The third kappa shape index (κ3) is 3.94. The van der Waals surface area contributed by atoms with Gasteiger partial charge in [-0.15, -0.1) is 0 Å². The number of benzene rings is 1. The van der Waals surface area contributed by atoms with Crippen LogP contribution in [-0.2, 0) is 16.6 Å². The zero-order valence-electron chi connectivity index (χ0n) is 14.2. The van der Waals surface area contributed by atoms with Crippen LogP contribution in [-0.4, -0.2) is 29.5 Å². The maximum atomic E-state index is 12.5. The zero-order valence-corrected chi connectivity index (χ0v) is 15.0. The summed E-state index contributed by atoms with van der Waals surface area (Å²) in [6.07, 6.45) is 5.20. The van der Waals surface area contributed by atoms with Crippen LogP contribution in [0.1, 0.15) is 11.1 Å². The quantitative estimate of drug-likeness (QED) is 0.736. The Morgan fingerprint density at radius 2 is 1.92 bits per heavy atom. The highest BCUT2D eigenvalue weighted by Gasteiger charge is 2.16. The maximum Gasteiger partial charge on any atom is 0.240 e. The summed E-state index contributed by atoms with van der Waals surface area (Å²) in [5.41, 5.74) is 2.53. The lowest BCUT2D eigenvalue weighted by Crippen LogP contribution is -2.28. The molecule has 0 spiro atoms. The first kappa shape index (κ1) is 17.3. The van der Waals surface area contributed by atoms with Crippen LogP contribution in [0.15, 0.2) is 59.9 Å². The van der Waals surface area contributed by atoms with Crippen molar-refractivity contribution in [1.82, 2.24) is 19.3 Å². The Hall–Kier alpha value is -2.51. The molecule has 6 nitrogen and oxygen atoms in total. The Morgan fingerprint density at radius 3 is 2.64 bits per heavy atom. The van der Waals surface area contributed by atoms with E-state index in [0.29, 0.717) is 17.3 Å². The molecule has 0 unspecified atom stereocenters. The van der Waals surface area contributed by atoms with Gasteiger partial charge in [-0.25, -0.2) is 18.1 Å². The number of hydrogen-bond donors (Lipinski definition) is 1. The van der Waals surface area contributed by atoms with E-state index in [9.17, 15) is 8.42 Å². The van der Waals surface area contributed by atoms with Gasteiger partial charge in [-0.1, -0.05) is 23.8 Å². The topological polar surface area (TPSA) is 76.9 Å². The molecule has 0 aliphatic heterocycles. The SMILES string of the molecule is Cc1ccc(S(=O)(=O)NCCn2ccnc2-c2ccccn2)c(C)c1. The summed E-state index contributed by atoms with van der Waals surface area (Å²) in [6.45, 7) is 4.48. The van der Waals surface area contributed by atoms with Gasteiger partial charge in [-0.2, -0.15) is 0 Å². The summed E-state index contributed by atoms with van der Waals surface area (Å²) in [7, 11) is -3.54. The lowest BCUT2D eigenvalue weighted by Gasteiger charge is -2.11. The van der Waals surface area contributed by atoms with E-state index in [0.717, 1.165) is 16.8 Å². The van der Waals surface area contributed by atoms with Crippen LogP contribution in [0.3, 0.4) is 0 Å². The highest BCUT2D eigenvalue weighted by atomic mass is 32.2. The molecule has 7 heteroatoms. The molecular weight excluding hydrogens is 336 g/mol. The molecule has 25 heavy (non-hydrogen) atoms. The normalized spacial score (nSPS) is 11.6. The van der Waals surface area contributed by atoms with Crippen LogP contribution in [0.4, 0.5) is 0 Å². The van der Waals surface area contributed by atoms with E-state index < -0.39 is 10.0 Å². The molecular formula is C18H20N4O2S. The van der Waals surface area contributed by atoms with Gasteiger partial charge in [0, 0.05) is 31.7 Å². The highest BCUT2D eigenvalue weighted by Crippen LogP contribution is 2.17. The van der Waals surface area contributed by atoms with Gasteiger partial charge in [-0.05, 0) is 37.6 Å². The van der Waals surface area contributed by atoms with Crippen LogP contribution < -0.4 is 4.72 Å². The van der Waals surface area contributed by atoms with Crippen LogP contribution in [0.5, 0.6) is 0 Å². The number of pyridine rings is 1. The predicted octanol–water partition coefficient (Wildman–Crippen LogP) is 2.54. The fourth-order valence-corrected chi connectivity index (χ4v) is 3.94.